The molecule has 1 aromatic rings. The van der Waals surface area contributed by atoms with E-state index in [4.69, 9.17) is 11.6 Å². The molecule has 0 spiro atoms. The normalized spacial score (nSPS) is 23.5. The van der Waals surface area contributed by atoms with Crippen molar-refractivity contribution in [1.82, 2.24) is 19.9 Å². The van der Waals surface area contributed by atoms with Gasteiger partial charge in [0.05, 0.1) is 0 Å². The van der Waals surface area contributed by atoms with E-state index >= 15 is 0 Å². The van der Waals surface area contributed by atoms with Crippen LogP contribution in [0, 0.1) is 0 Å². The Kier molecular flexibility index (Phi) is 3.45. The molecule has 1 atom stereocenters. The average molecular weight is 283 g/mol. The second-order valence-electron chi connectivity index (χ2n) is 5.38. The second kappa shape index (κ2) is 5.09. The first kappa shape index (κ1) is 12.9. The van der Waals surface area contributed by atoms with Crippen molar-refractivity contribution in [1.29, 1.82) is 0 Å². The van der Waals surface area contributed by atoms with Gasteiger partial charge in [0.25, 0.3) is 0 Å². The van der Waals surface area contributed by atoms with Crippen molar-refractivity contribution in [2.45, 2.75) is 18.9 Å². The number of hydrogen-bond acceptors (Lipinski definition) is 6. The number of nitrogens with zero attached hydrogens (tertiary/aromatic N) is 6. The Bertz CT molecular complexity index is 466. The van der Waals surface area contributed by atoms with Gasteiger partial charge in [-0.1, -0.05) is 0 Å². The van der Waals surface area contributed by atoms with E-state index in [2.05, 4.69) is 24.8 Å². The van der Waals surface area contributed by atoms with Gasteiger partial charge in [0.1, 0.15) is 0 Å². The first-order chi connectivity index (χ1) is 9.13. The van der Waals surface area contributed by atoms with Crippen LogP contribution in [0.3, 0.4) is 0 Å². The molecule has 104 valence electrons. The van der Waals surface area contributed by atoms with E-state index in [9.17, 15) is 0 Å². The molecule has 3 rings (SSSR count). The first-order valence-corrected chi connectivity index (χ1v) is 7.09. The molecule has 19 heavy (non-hydrogen) atoms. The highest BCUT2D eigenvalue weighted by Crippen LogP contribution is 2.24. The molecule has 0 N–H and O–H groups in total. The van der Waals surface area contributed by atoms with Gasteiger partial charge < -0.3 is 9.80 Å². The highest BCUT2D eigenvalue weighted by atomic mass is 35.5. The molecule has 7 heteroatoms. The zero-order valence-corrected chi connectivity index (χ0v) is 12.1. The third-order valence-electron chi connectivity index (χ3n) is 3.85. The van der Waals surface area contributed by atoms with Gasteiger partial charge in [0.15, 0.2) is 0 Å². The molecule has 0 bridgehead atoms. The minimum Gasteiger partial charge on any atom is -0.347 e. The van der Waals surface area contributed by atoms with Gasteiger partial charge in [0, 0.05) is 39.8 Å². The number of halogens is 1. The van der Waals surface area contributed by atoms with E-state index in [-0.39, 0.29) is 5.28 Å². The Labute approximate surface area is 118 Å². The van der Waals surface area contributed by atoms with Crippen molar-refractivity contribution in [2.24, 2.45) is 0 Å². The van der Waals surface area contributed by atoms with Crippen LogP contribution in [0.25, 0.3) is 0 Å². The minimum atomic E-state index is 0.266. The number of rotatable bonds is 2. The smallest absolute Gasteiger partial charge is 0.231 e. The molecule has 0 aliphatic carbocycles. The number of fused-ring (bicyclic) bond motifs is 1. The van der Waals surface area contributed by atoms with Gasteiger partial charge in [-0.2, -0.15) is 15.0 Å². The fraction of sp³-hybridized carbons (Fsp3) is 0.750. The van der Waals surface area contributed by atoms with Crippen molar-refractivity contribution in [3.05, 3.63) is 5.28 Å². The van der Waals surface area contributed by atoms with E-state index in [1.165, 1.54) is 19.4 Å². The van der Waals surface area contributed by atoms with E-state index in [1.54, 1.807) is 0 Å². The Morgan fingerprint density at radius 2 is 2.00 bits per heavy atom. The summed E-state index contributed by atoms with van der Waals surface area (Å²) in [6.07, 6.45) is 2.58. The van der Waals surface area contributed by atoms with Crippen LogP contribution in [0.4, 0.5) is 11.9 Å². The third-order valence-corrected chi connectivity index (χ3v) is 4.02. The summed E-state index contributed by atoms with van der Waals surface area (Å²) in [5, 5.41) is 0.266. The van der Waals surface area contributed by atoms with Gasteiger partial charge in [0.2, 0.25) is 17.2 Å². The van der Waals surface area contributed by atoms with E-state index in [0.717, 1.165) is 19.6 Å². The first-order valence-electron chi connectivity index (χ1n) is 6.71. The summed E-state index contributed by atoms with van der Waals surface area (Å²) in [6, 6.07) is 0.645. The van der Waals surface area contributed by atoms with E-state index < -0.39 is 0 Å². The van der Waals surface area contributed by atoms with Crippen molar-refractivity contribution in [3.63, 3.8) is 0 Å². The van der Waals surface area contributed by atoms with Crippen LogP contribution in [0.5, 0.6) is 0 Å². The number of piperazine rings is 1. The summed E-state index contributed by atoms with van der Waals surface area (Å²) in [5.41, 5.74) is 0. The largest absolute Gasteiger partial charge is 0.347 e. The minimum absolute atomic E-state index is 0.266. The Hall–Kier alpha value is -1.14. The summed E-state index contributed by atoms with van der Waals surface area (Å²) < 4.78 is 0. The molecule has 1 aromatic heterocycles. The number of aromatic nitrogens is 3. The zero-order valence-electron chi connectivity index (χ0n) is 11.4. The predicted octanol–water partition coefficient (Wildman–Crippen LogP) is 0.875. The standard InChI is InChI=1S/C12H19ClN6/c1-17(2)11-14-10(13)15-12(16-11)19-7-6-18-5-3-4-9(18)8-19/h9H,3-8H2,1-2H3. The highest BCUT2D eigenvalue weighted by Gasteiger charge is 2.31. The average Bonchev–Trinajstić information content (AvgIpc) is 2.85. The Morgan fingerprint density at radius 1 is 1.16 bits per heavy atom. The van der Waals surface area contributed by atoms with Crippen LogP contribution in [0.15, 0.2) is 0 Å². The van der Waals surface area contributed by atoms with E-state index in [0.29, 0.717) is 17.9 Å². The summed E-state index contributed by atoms with van der Waals surface area (Å²) in [5.74, 6) is 1.32. The lowest BCUT2D eigenvalue weighted by molar-refractivity contribution is 0.229. The van der Waals surface area contributed by atoms with Gasteiger partial charge in [-0.05, 0) is 31.0 Å². The van der Waals surface area contributed by atoms with E-state index in [1.807, 2.05) is 19.0 Å². The van der Waals surface area contributed by atoms with Crippen molar-refractivity contribution < 1.29 is 0 Å². The molecule has 0 aromatic carbocycles. The maximum absolute atomic E-state index is 6.00. The fourth-order valence-corrected chi connectivity index (χ4v) is 2.99. The summed E-state index contributed by atoms with van der Waals surface area (Å²) in [7, 11) is 3.81. The molecule has 3 heterocycles. The maximum atomic E-state index is 6.00. The zero-order chi connectivity index (χ0) is 13.4. The third kappa shape index (κ3) is 2.60. The Balaban J connectivity index is 1.81. The molecule has 0 saturated carbocycles. The monoisotopic (exact) mass is 282 g/mol. The summed E-state index contributed by atoms with van der Waals surface area (Å²) >= 11 is 6.00. The van der Waals surface area contributed by atoms with Gasteiger partial charge in [-0.25, -0.2) is 0 Å². The fourth-order valence-electron chi connectivity index (χ4n) is 2.84. The predicted molar refractivity (Wildman–Crippen MR) is 76.0 cm³/mol. The molecular formula is C12H19ClN6. The van der Waals surface area contributed by atoms with Crippen LogP contribution in [-0.4, -0.2) is 66.2 Å². The molecule has 2 fully saturated rings. The van der Waals surface area contributed by atoms with Crippen LogP contribution in [0.2, 0.25) is 5.28 Å². The van der Waals surface area contributed by atoms with Crippen molar-refractivity contribution >= 4 is 23.5 Å². The summed E-state index contributed by atoms with van der Waals surface area (Å²) in [4.78, 5) is 19.5. The molecule has 2 saturated heterocycles. The van der Waals surface area contributed by atoms with Gasteiger partial charge in [-0.15, -0.1) is 0 Å². The quantitative estimate of drug-likeness (QED) is 0.802. The molecule has 2 aliphatic heterocycles. The second-order valence-corrected chi connectivity index (χ2v) is 5.71. The SMILES string of the molecule is CN(C)c1nc(Cl)nc(N2CCN3CCCC3C2)n1. The summed E-state index contributed by atoms with van der Waals surface area (Å²) in [6.45, 7) is 4.28. The molecular weight excluding hydrogens is 264 g/mol. The lowest BCUT2D eigenvalue weighted by Crippen LogP contribution is -2.50. The molecule has 0 radical (unpaired) electrons. The maximum Gasteiger partial charge on any atom is 0.231 e. The van der Waals surface area contributed by atoms with Crippen LogP contribution in [0.1, 0.15) is 12.8 Å². The molecule has 1 unspecified atom stereocenters. The van der Waals surface area contributed by atoms with Gasteiger partial charge in [-0.3, -0.25) is 4.90 Å². The van der Waals surface area contributed by atoms with Gasteiger partial charge >= 0.3 is 0 Å². The van der Waals surface area contributed by atoms with Crippen LogP contribution in [-0.2, 0) is 0 Å². The van der Waals surface area contributed by atoms with Crippen LogP contribution >= 0.6 is 11.6 Å². The van der Waals surface area contributed by atoms with Crippen molar-refractivity contribution in [2.75, 3.05) is 50.1 Å². The van der Waals surface area contributed by atoms with Crippen LogP contribution < -0.4 is 9.80 Å². The topological polar surface area (TPSA) is 48.4 Å². The molecule has 6 nitrogen and oxygen atoms in total. The lowest BCUT2D eigenvalue weighted by atomic mass is 10.2. The molecule has 2 aliphatic rings. The number of hydrogen-bond donors (Lipinski definition) is 0. The highest BCUT2D eigenvalue weighted by molar-refractivity contribution is 6.28. The molecule has 0 amide bonds. The lowest BCUT2D eigenvalue weighted by Gasteiger charge is -2.37. The number of anilines is 2. The van der Waals surface area contributed by atoms with Crippen molar-refractivity contribution in [3.8, 4) is 0 Å². The Morgan fingerprint density at radius 3 is 2.79 bits per heavy atom.